The molecule has 1 fully saturated rings. The molecule has 1 aliphatic rings. The van der Waals surface area contributed by atoms with Crippen molar-refractivity contribution in [1.82, 2.24) is 9.88 Å². The molecule has 0 saturated carbocycles. The van der Waals surface area contributed by atoms with Crippen LogP contribution in [0.5, 0.6) is 0 Å². The highest BCUT2D eigenvalue weighted by atomic mass is 35.5. The van der Waals surface area contributed by atoms with E-state index in [1.807, 2.05) is 12.1 Å². The van der Waals surface area contributed by atoms with Crippen molar-refractivity contribution >= 4 is 17.3 Å². The molecular weight excluding hydrogens is 246 g/mol. The number of nitrogens with zero attached hydrogens (tertiary/aromatic N) is 2. The molecule has 18 heavy (non-hydrogen) atoms. The Hall–Kier alpha value is -0.800. The van der Waals surface area contributed by atoms with E-state index in [0.717, 1.165) is 12.2 Å². The first kappa shape index (κ1) is 13.6. The number of piperidine rings is 1. The fraction of sp³-hybridized carbons (Fsp3) is 0.643. The largest absolute Gasteiger partial charge is 0.385 e. The van der Waals surface area contributed by atoms with E-state index in [4.69, 9.17) is 11.6 Å². The molecule has 100 valence electrons. The van der Waals surface area contributed by atoms with E-state index in [-0.39, 0.29) is 0 Å². The first-order valence-corrected chi connectivity index (χ1v) is 7.19. The van der Waals surface area contributed by atoms with Gasteiger partial charge in [-0.1, -0.05) is 24.9 Å². The molecule has 4 heteroatoms. The zero-order valence-corrected chi connectivity index (χ0v) is 11.8. The maximum absolute atomic E-state index is 5.86. The Kier molecular flexibility index (Phi) is 5.26. The quantitative estimate of drug-likeness (QED) is 0.830. The number of nitrogens with one attached hydrogen (secondary N) is 1. The number of aromatic nitrogens is 1. The van der Waals surface area contributed by atoms with Gasteiger partial charge in [-0.3, -0.25) is 0 Å². The number of rotatable bonds is 5. The molecule has 2 heterocycles. The van der Waals surface area contributed by atoms with E-state index >= 15 is 0 Å². The lowest BCUT2D eigenvalue weighted by molar-refractivity contribution is 0.204. The predicted octanol–water partition coefficient (Wildman–Crippen LogP) is 3.27. The van der Waals surface area contributed by atoms with Crippen molar-refractivity contribution in [2.24, 2.45) is 5.92 Å². The third kappa shape index (κ3) is 4.46. The van der Waals surface area contributed by atoms with Crippen LogP contribution in [0.3, 0.4) is 0 Å². The Morgan fingerprint density at radius 3 is 2.89 bits per heavy atom. The van der Waals surface area contributed by atoms with Gasteiger partial charge in [0.2, 0.25) is 0 Å². The van der Waals surface area contributed by atoms with Crippen molar-refractivity contribution in [3.05, 3.63) is 23.5 Å². The Balaban J connectivity index is 1.72. The molecule has 1 saturated heterocycles. The normalized spacial score (nSPS) is 18.6. The maximum Gasteiger partial charge on any atom is 0.131 e. The third-order valence-electron chi connectivity index (χ3n) is 3.40. The van der Waals surface area contributed by atoms with E-state index in [1.165, 1.54) is 38.9 Å². The van der Waals surface area contributed by atoms with Crippen molar-refractivity contribution < 1.29 is 0 Å². The minimum atomic E-state index is 0.545. The van der Waals surface area contributed by atoms with Crippen LogP contribution in [0.2, 0.25) is 5.15 Å². The monoisotopic (exact) mass is 267 g/mol. The highest BCUT2D eigenvalue weighted by Crippen LogP contribution is 2.14. The summed E-state index contributed by atoms with van der Waals surface area (Å²) in [5, 5.41) is 3.97. The number of pyridine rings is 1. The van der Waals surface area contributed by atoms with Crippen molar-refractivity contribution in [1.29, 1.82) is 0 Å². The number of likely N-dealkylation sites (tertiary alicyclic amines) is 1. The van der Waals surface area contributed by atoms with Gasteiger partial charge >= 0.3 is 0 Å². The van der Waals surface area contributed by atoms with Crippen LogP contribution in [0.1, 0.15) is 26.2 Å². The smallest absolute Gasteiger partial charge is 0.131 e. The average Bonchev–Trinajstić information content (AvgIpc) is 2.38. The summed E-state index contributed by atoms with van der Waals surface area (Å²) in [4.78, 5) is 6.56. The maximum atomic E-state index is 5.86. The van der Waals surface area contributed by atoms with Gasteiger partial charge in [-0.15, -0.1) is 0 Å². The van der Waals surface area contributed by atoms with E-state index in [9.17, 15) is 0 Å². The third-order valence-corrected chi connectivity index (χ3v) is 3.61. The summed E-state index contributed by atoms with van der Waals surface area (Å²) in [5.41, 5.74) is 1.06. The lowest BCUT2D eigenvalue weighted by Crippen LogP contribution is -2.35. The molecule has 1 aliphatic heterocycles. The van der Waals surface area contributed by atoms with Gasteiger partial charge in [0, 0.05) is 25.0 Å². The number of halogens is 1. The van der Waals surface area contributed by atoms with Gasteiger partial charge in [0.05, 0.1) is 0 Å². The lowest BCUT2D eigenvalue weighted by Gasteiger charge is -2.29. The van der Waals surface area contributed by atoms with Crippen molar-refractivity contribution in [3.8, 4) is 0 Å². The Labute approximate surface area is 115 Å². The van der Waals surface area contributed by atoms with Crippen LogP contribution in [0, 0.1) is 5.92 Å². The van der Waals surface area contributed by atoms with E-state index in [1.54, 1.807) is 6.20 Å². The Morgan fingerprint density at radius 1 is 1.39 bits per heavy atom. The molecule has 0 amide bonds. The van der Waals surface area contributed by atoms with Crippen LogP contribution < -0.4 is 5.32 Å². The molecule has 0 radical (unpaired) electrons. The molecular formula is C14H22ClN3. The van der Waals surface area contributed by atoms with E-state index in [0.29, 0.717) is 11.1 Å². The first-order valence-electron chi connectivity index (χ1n) is 6.82. The molecule has 3 nitrogen and oxygen atoms in total. The SMILES string of the molecule is CC(CNc1ccnc(Cl)c1)CN1CCCCC1. The van der Waals surface area contributed by atoms with E-state index < -0.39 is 0 Å². The predicted molar refractivity (Wildman–Crippen MR) is 77.2 cm³/mol. The van der Waals surface area contributed by atoms with Crippen molar-refractivity contribution in [3.63, 3.8) is 0 Å². The molecule has 0 aliphatic carbocycles. The highest BCUT2D eigenvalue weighted by molar-refractivity contribution is 6.29. The lowest BCUT2D eigenvalue weighted by atomic mass is 10.1. The molecule has 2 rings (SSSR count). The molecule has 1 aromatic heterocycles. The molecule has 0 bridgehead atoms. The molecule has 0 aromatic carbocycles. The molecule has 1 unspecified atom stereocenters. The average molecular weight is 268 g/mol. The minimum Gasteiger partial charge on any atom is -0.385 e. The summed E-state index contributed by atoms with van der Waals surface area (Å²) < 4.78 is 0. The highest BCUT2D eigenvalue weighted by Gasteiger charge is 2.13. The van der Waals surface area contributed by atoms with Crippen LogP contribution in [-0.4, -0.2) is 36.1 Å². The summed E-state index contributed by atoms with van der Waals surface area (Å²) in [7, 11) is 0. The van der Waals surface area contributed by atoms with Gasteiger partial charge in [0.1, 0.15) is 5.15 Å². The standard InChI is InChI=1S/C14H22ClN3/c1-12(11-18-7-3-2-4-8-18)10-17-13-5-6-16-14(15)9-13/h5-6,9,12H,2-4,7-8,10-11H2,1H3,(H,16,17). The molecule has 0 spiro atoms. The number of anilines is 1. The second-order valence-corrected chi connectivity index (χ2v) is 5.60. The summed E-state index contributed by atoms with van der Waals surface area (Å²) in [5.74, 6) is 0.648. The van der Waals surface area contributed by atoms with Gasteiger partial charge in [-0.05, 0) is 44.0 Å². The minimum absolute atomic E-state index is 0.545. The molecule has 1 N–H and O–H groups in total. The topological polar surface area (TPSA) is 28.2 Å². The van der Waals surface area contributed by atoms with Crippen LogP contribution in [0.4, 0.5) is 5.69 Å². The fourth-order valence-corrected chi connectivity index (χ4v) is 2.63. The molecule has 1 atom stereocenters. The first-order chi connectivity index (χ1) is 8.74. The number of hydrogen-bond acceptors (Lipinski definition) is 3. The summed E-state index contributed by atoms with van der Waals surface area (Å²) in [6, 6.07) is 3.83. The van der Waals surface area contributed by atoms with Crippen LogP contribution in [0.25, 0.3) is 0 Å². The van der Waals surface area contributed by atoms with E-state index in [2.05, 4.69) is 22.1 Å². The fourth-order valence-electron chi connectivity index (χ4n) is 2.45. The van der Waals surface area contributed by atoms with Crippen molar-refractivity contribution in [2.45, 2.75) is 26.2 Å². The van der Waals surface area contributed by atoms with Gasteiger partial charge in [0.15, 0.2) is 0 Å². The molecule has 1 aromatic rings. The second-order valence-electron chi connectivity index (χ2n) is 5.21. The second kappa shape index (κ2) is 6.95. The van der Waals surface area contributed by atoms with Gasteiger partial charge in [-0.25, -0.2) is 4.98 Å². The van der Waals surface area contributed by atoms with Crippen LogP contribution >= 0.6 is 11.6 Å². The van der Waals surface area contributed by atoms with Crippen LogP contribution in [0.15, 0.2) is 18.3 Å². The Morgan fingerprint density at radius 2 is 2.17 bits per heavy atom. The van der Waals surface area contributed by atoms with Crippen molar-refractivity contribution in [2.75, 3.05) is 31.5 Å². The summed E-state index contributed by atoms with van der Waals surface area (Å²) in [6.45, 7) is 7.00. The number of hydrogen-bond donors (Lipinski definition) is 1. The zero-order chi connectivity index (χ0) is 12.8. The van der Waals surface area contributed by atoms with Crippen LogP contribution in [-0.2, 0) is 0 Å². The van der Waals surface area contributed by atoms with Gasteiger partial charge in [-0.2, -0.15) is 0 Å². The van der Waals surface area contributed by atoms with Gasteiger partial charge in [0.25, 0.3) is 0 Å². The summed E-state index contributed by atoms with van der Waals surface area (Å²) >= 11 is 5.86. The zero-order valence-electron chi connectivity index (χ0n) is 11.0. The summed E-state index contributed by atoms with van der Waals surface area (Å²) in [6.07, 6.45) is 5.86. The van der Waals surface area contributed by atoms with Gasteiger partial charge < -0.3 is 10.2 Å². The Bertz CT molecular complexity index is 364.